The van der Waals surface area contributed by atoms with E-state index in [0.717, 1.165) is 48.0 Å². The van der Waals surface area contributed by atoms with Gasteiger partial charge in [0.1, 0.15) is 18.0 Å². The lowest BCUT2D eigenvalue weighted by Gasteiger charge is -2.31. The number of hydrogen-bond acceptors (Lipinski definition) is 6. The Kier molecular flexibility index (Phi) is 7.88. The Balaban J connectivity index is 1.28. The molecule has 4 rings (SSSR count). The van der Waals surface area contributed by atoms with Crippen LogP contribution in [0.15, 0.2) is 48.7 Å². The molecular formula is C25H29Cl2N3O4. The lowest BCUT2D eigenvalue weighted by atomic mass is 9.92. The fourth-order valence-corrected chi connectivity index (χ4v) is 4.25. The van der Waals surface area contributed by atoms with Crippen molar-refractivity contribution in [2.45, 2.75) is 18.9 Å². The van der Waals surface area contributed by atoms with Crippen molar-refractivity contribution < 1.29 is 18.9 Å². The van der Waals surface area contributed by atoms with Gasteiger partial charge in [0.05, 0.1) is 15.7 Å². The van der Waals surface area contributed by atoms with E-state index in [1.807, 2.05) is 55.1 Å². The van der Waals surface area contributed by atoms with Crippen molar-refractivity contribution in [3.8, 4) is 17.2 Å². The number of ether oxygens (including phenoxy) is 4. The standard InChI is InChI=1S/C25H29Cl2N3O4/c1-25(24-9-10-28-30(24)3,18-5-7-20(26)21(27)15-18)34-13-4-11-29(2)12-14-31-19-6-8-22-23(16-19)33-17-32-22/h5-10,15-16H,4,11-14,17H2,1-3H3. The monoisotopic (exact) mass is 505 g/mol. The molecular weight excluding hydrogens is 477 g/mol. The van der Waals surface area contributed by atoms with E-state index in [1.54, 1.807) is 12.3 Å². The molecule has 1 aliphatic heterocycles. The van der Waals surface area contributed by atoms with Gasteiger partial charge in [-0.25, -0.2) is 0 Å². The van der Waals surface area contributed by atoms with Crippen molar-refractivity contribution >= 4 is 23.2 Å². The minimum absolute atomic E-state index is 0.258. The Morgan fingerprint density at radius 2 is 1.85 bits per heavy atom. The number of likely N-dealkylation sites (N-methyl/N-ethyl adjacent to an activating group) is 1. The number of benzene rings is 2. The predicted octanol–water partition coefficient (Wildman–Crippen LogP) is 5.14. The summed E-state index contributed by atoms with van der Waals surface area (Å²) in [5, 5.41) is 5.34. The number of fused-ring (bicyclic) bond motifs is 1. The Bertz CT molecular complexity index is 1120. The molecule has 0 saturated carbocycles. The Morgan fingerprint density at radius 3 is 2.62 bits per heavy atom. The summed E-state index contributed by atoms with van der Waals surface area (Å²) in [5.74, 6) is 2.25. The number of aryl methyl sites for hydroxylation is 1. The minimum Gasteiger partial charge on any atom is -0.492 e. The smallest absolute Gasteiger partial charge is 0.231 e. The van der Waals surface area contributed by atoms with Crippen molar-refractivity contribution in [1.82, 2.24) is 14.7 Å². The molecule has 0 amide bonds. The summed E-state index contributed by atoms with van der Waals surface area (Å²) < 4.78 is 24.9. The SMILES string of the molecule is CN(CCCOC(C)(c1ccc(Cl)c(Cl)c1)c1ccnn1C)CCOc1ccc2c(c1)OCO2. The lowest BCUT2D eigenvalue weighted by Crippen LogP contribution is -2.32. The van der Waals surface area contributed by atoms with Crippen molar-refractivity contribution in [2.75, 3.05) is 40.1 Å². The van der Waals surface area contributed by atoms with Crippen LogP contribution >= 0.6 is 23.2 Å². The van der Waals surface area contributed by atoms with Crippen LogP contribution in [0.1, 0.15) is 24.6 Å². The van der Waals surface area contributed by atoms with E-state index in [1.165, 1.54) is 0 Å². The van der Waals surface area contributed by atoms with Crippen LogP contribution in [0.4, 0.5) is 0 Å². The third-order valence-electron chi connectivity index (χ3n) is 5.94. The molecule has 0 spiro atoms. The van der Waals surface area contributed by atoms with Gasteiger partial charge in [0.2, 0.25) is 6.79 Å². The highest BCUT2D eigenvalue weighted by atomic mass is 35.5. The van der Waals surface area contributed by atoms with Crippen LogP contribution in [0.25, 0.3) is 0 Å². The van der Waals surface area contributed by atoms with E-state index in [0.29, 0.717) is 23.3 Å². The number of halogens is 2. The van der Waals surface area contributed by atoms with E-state index in [2.05, 4.69) is 17.0 Å². The van der Waals surface area contributed by atoms with Gasteiger partial charge in [0, 0.05) is 39.0 Å². The fraction of sp³-hybridized carbons (Fsp3) is 0.400. The fourth-order valence-electron chi connectivity index (χ4n) is 3.95. The normalized spacial score (nSPS) is 14.4. The summed E-state index contributed by atoms with van der Waals surface area (Å²) in [5.41, 5.74) is 1.16. The van der Waals surface area contributed by atoms with E-state index in [9.17, 15) is 0 Å². The number of rotatable bonds is 11. The van der Waals surface area contributed by atoms with Crippen LogP contribution in [-0.4, -0.2) is 54.8 Å². The second-order valence-corrected chi connectivity index (χ2v) is 9.19. The Hall–Kier alpha value is -2.45. The minimum atomic E-state index is -0.708. The Morgan fingerprint density at radius 1 is 1.03 bits per heavy atom. The van der Waals surface area contributed by atoms with Gasteiger partial charge < -0.3 is 23.8 Å². The van der Waals surface area contributed by atoms with Crippen molar-refractivity contribution in [1.29, 1.82) is 0 Å². The molecule has 1 aliphatic rings. The zero-order valence-electron chi connectivity index (χ0n) is 19.6. The molecule has 2 heterocycles. The molecule has 0 aliphatic carbocycles. The summed E-state index contributed by atoms with van der Waals surface area (Å²) >= 11 is 12.4. The maximum Gasteiger partial charge on any atom is 0.231 e. The molecule has 182 valence electrons. The highest BCUT2D eigenvalue weighted by Gasteiger charge is 2.33. The molecule has 0 fully saturated rings. The van der Waals surface area contributed by atoms with Crippen molar-refractivity contribution in [3.05, 3.63) is 70.0 Å². The first-order chi connectivity index (χ1) is 16.4. The van der Waals surface area contributed by atoms with Crippen LogP contribution < -0.4 is 14.2 Å². The first-order valence-electron chi connectivity index (χ1n) is 11.2. The molecule has 34 heavy (non-hydrogen) atoms. The van der Waals surface area contributed by atoms with Gasteiger partial charge in [-0.05, 0) is 56.3 Å². The molecule has 1 atom stereocenters. The second kappa shape index (κ2) is 10.9. The van der Waals surface area contributed by atoms with Gasteiger partial charge in [0.15, 0.2) is 11.5 Å². The maximum atomic E-state index is 6.46. The number of aromatic nitrogens is 2. The molecule has 0 radical (unpaired) electrons. The average Bonchev–Trinajstić information content (AvgIpc) is 3.47. The molecule has 1 aromatic heterocycles. The maximum absolute atomic E-state index is 6.46. The highest BCUT2D eigenvalue weighted by Crippen LogP contribution is 2.37. The number of nitrogens with zero attached hydrogens (tertiary/aromatic N) is 3. The van der Waals surface area contributed by atoms with E-state index in [4.69, 9.17) is 42.1 Å². The second-order valence-electron chi connectivity index (χ2n) is 8.37. The van der Waals surface area contributed by atoms with Gasteiger partial charge in [-0.15, -0.1) is 0 Å². The van der Waals surface area contributed by atoms with Crippen LogP contribution in [0.3, 0.4) is 0 Å². The zero-order chi connectivity index (χ0) is 24.1. The van der Waals surface area contributed by atoms with Gasteiger partial charge >= 0.3 is 0 Å². The molecule has 1 unspecified atom stereocenters. The Labute approximate surface area is 210 Å². The molecule has 7 nitrogen and oxygen atoms in total. The topological polar surface area (TPSA) is 58.0 Å². The zero-order valence-corrected chi connectivity index (χ0v) is 21.1. The molecule has 2 aromatic carbocycles. The van der Waals surface area contributed by atoms with Gasteiger partial charge in [-0.2, -0.15) is 5.10 Å². The van der Waals surface area contributed by atoms with Gasteiger partial charge in [-0.3, -0.25) is 4.68 Å². The van der Waals surface area contributed by atoms with E-state index >= 15 is 0 Å². The van der Waals surface area contributed by atoms with Crippen LogP contribution in [-0.2, 0) is 17.4 Å². The third kappa shape index (κ3) is 5.61. The summed E-state index contributed by atoms with van der Waals surface area (Å²) in [6.45, 7) is 5.09. The van der Waals surface area contributed by atoms with Crippen LogP contribution in [0.2, 0.25) is 10.0 Å². The quantitative estimate of drug-likeness (QED) is 0.336. The van der Waals surface area contributed by atoms with Gasteiger partial charge in [-0.1, -0.05) is 29.3 Å². The van der Waals surface area contributed by atoms with Crippen molar-refractivity contribution in [2.24, 2.45) is 7.05 Å². The van der Waals surface area contributed by atoms with Crippen LogP contribution in [0, 0.1) is 0 Å². The van der Waals surface area contributed by atoms with Crippen molar-refractivity contribution in [3.63, 3.8) is 0 Å². The van der Waals surface area contributed by atoms with Gasteiger partial charge in [0.25, 0.3) is 0 Å². The molecule has 0 bridgehead atoms. The summed E-state index contributed by atoms with van der Waals surface area (Å²) in [4.78, 5) is 2.22. The first kappa shape index (κ1) is 24.7. The molecule has 0 N–H and O–H groups in total. The molecule has 9 heteroatoms. The third-order valence-corrected chi connectivity index (χ3v) is 6.68. The first-order valence-corrected chi connectivity index (χ1v) is 11.9. The molecule has 0 saturated heterocycles. The number of hydrogen-bond donors (Lipinski definition) is 0. The summed E-state index contributed by atoms with van der Waals surface area (Å²) in [6.07, 6.45) is 2.62. The van der Waals surface area contributed by atoms with E-state index < -0.39 is 5.60 Å². The summed E-state index contributed by atoms with van der Waals surface area (Å²) in [7, 11) is 3.98. The van der Waals surface area contributed by atoms with Crippen LogP contribution in [0.5, 0.6) is 17.2 Å². The summed E-state index contributed by atoms with van der Waals surface area (Å²) in [6, 6.07) is 13.2. The molecule has 3 aromatic rings. The average molecular weight is 506 g/mol. The predicted molar refractivity (Wildman–Crippen MR) is 132 cm³/mol. The largest absolute Gasteiger partial charge is 0.492 e. The van der Waals surface area contributed by atoms with E-state index in [-0.39, 0.29) is 6.79 Å². The lowest BCUT2D eigenvalue weighted by molar-refractivity contribution is -0.0134. The highest BCUT2D eigenvalue weighted by molar-refractivity contribution is 6.42.